The van der Waals surface area contributed by atoms with Crippen LogP contribution in [-0.2, 0) is 6.61 Å². The van der Waals surface area contributed by atoms with Gasteiger partial charge in [0, 0.05) is 12.2 Å². The zero-order valence-electron chi connectivity index (χ0n) is 6.83. The third-order valence-electron chi connectivity index (χ3n) is 2.24. The zero-order valence-corrected chi connectivity index (χ0v) is 6.83. The molecule has 3 heteroatoms. The largest absolute Gasteiger partial charge is 0.390 e. The number of aliphatic hydroxyl groups excluding tert-OH is 1. The molecule has 1 atom stereocenters. The van der Waals surface area contributed by atoms with E-state index < -0.39 is 0 Å². The maximum atomic E-state index is 8.76. The lowest BCUT2D eigenvalue weighted by molar-refractivity contribution is 0.276. The van der Waals surface area contributed by atoms with E-state index in [0.717, 1.165) is 12.2 Å². The fourth-order valence-electron chi connectivity index (χ4n) is 1.31. The van der Waals surface area contributed by atoms with E-state index in [1.165, 1.54) is 12.0 Å². The van der Waals surface area contributed by atoms with Gasteiger partial charge in [-0.15, -0.1) is 0 Å². The quantitative estimate of drug-likeness (QED) is 0.673. The number of aromatic nitrogens is 1. The molecule has 2 heterocycles. The maximum Gasteiger partial charge on any atom is 0.0852 e. The van der Waals surface area contributed by atoms with Crippen LogP contribution in [0.15, 0.2) is 18.3 Å². The highest BCUT2D eigenvalue weighted by Gasteiger charge is 2.17. The first-order valence-corrected chi connectivity index (χ1v) is 4.19. The average molecular weight is 164 g/mol. The van der Waals surface area contributed by atoms with Crippen LogP contribution in [0.3, 0.4) is 0 Å². The van der Waals surface area contributed by atoms with Crippen LogP contribution in [0.1, 0.15) is 23.7 Å². The predicted octanol–water partition coefficient (Wildman–Crippen LogP) is 0.608. The molecule has 64 valence electrons. The summed E-state index contributed by atoms with van der Waals surface area (Å²) in [5, 5.41) is 12.1. The SMILES string of the molecule is OCc1ccc(C2CCN2)cn1. The summed E-state index contributed by atoms with van der Waals surface area (Å²) < 4.78 is 0. The van der Waals surface area contributed by atoms with E-state index in [-0.39, 0.29) is 6.61 Å². The molecule has 12 heavy (non-hydrogen) atoms. The molecule has 1 unspecified atom stereocenters. The Kier molecular flexibility index (Phi) is 2.06. The van der Waals surface area contributed by atoms with Gasteiger partial charge in [0.1, 0.15) is 0 Å². The highest BCUT2D eigenvalue weighted by Crippen LogP contribution is 2.21. The second-order valence-electron chi connectivity index (χ2n) is 3.04. The van der Waals surface area contributed by atoms with Crippen LogP contribution < -0.4 is 5.32 Å². The van der Waals surface area contributed by atoms with Crippen molar-refractivity contribution in [3.63, 3.8) is 0 Å². The first-order valence-electron chi connectivity index (χ1n) is 4.19. The second kappa shape index (κ2) is 3.21. The minimum Gasteiger partial charge on any atom is -0.390 e. The summed E-state index contributed by atoms with van der Waals surface area (Å²) in [6, 6.07) is 4.38. The normalized spacial score (nSPS) is 21.9. The number of hydrogen-bond donors (Lipinski definition) is 2. The molecular weight excluding hydrogens is 152 g/mol. The van der Waals surface area contributed by atoms with Crippen molar-refractivity contribution in [2.45, 2.75) is 19.1 Å². The van der Waals surface area contributed by atoms with Crippen molar-refractivity contribution in [2.75, 3.05) is 6.54 Å². The van der Waals surface area contributed by atoms with E-state index in [9.17, 15) is 0 Å². The second-order valence-corrected chi connectivity index (χ2v) is 3.04. The van der Waals surface area contributed by atoms with E-state index in [1.54, 1.807) is 0 Å². The molecular formula is C9H12N2O. The Morgan fingerprint density at radius 3 is 2.83 bits per heavy atom. The van der Waals surface area contributed by atoms with Crippen LogP contribution in [0.2, 0.25) is 0 Å². The van der Waals surface area contributed by atoms with Crippen LogP contribution in [-0.4, -0.2) is 16.6 Å². The van der Waals surface area contributed by atoms with Crippen molar-refractivity contribution in [3.8, 4) is 0 Å². The summed E-state index contributed by atoms with van der Waals surface area (Å²) in [5.74, 6) is 0. The Morgan fingerprint density at radius 1 is 1.58 bits per heavy atom. The number of nitrogens with zero attached hydrogens (tertiary/aromatic N) is 1. The molecule has 1 aromatic rings. The van der Waals surface area contributed by atoms with E-state index in [2.05, 4.69) is 10.3 Å². The fraction of sp³-hybridized carbons (Fsp3) is 0.444. The van der Waals surface area contributed by atoms with E-state index in [4.69, 9.17) is 5.11 Å². The van der Waals surface area contributed by atoms with Crippen molar-refractivity contribution in [1.82, 2.24) is 10.3 Å². The highest BCUT2D eigenvalue weighted by molar-refractivity contribution is 5.19. The monoisotopic (exact) mass is 164 g/mol. The Morgan fingerprint density at radius 2 is 2.42 bits per heavy atom. The van der Waals surface area contributed by atoms with Crippen LogP contribution >= 0.6 is 0 Å². The van der Waals surface area contributed by atoms with Gasteiger partial charge in [-0.1, -0.05) is 6.07 Å². The molecule has 1 aromatic heterocycles. The molecule has 1 aliphatic heterocycles. The van der Waals surface area contributed by atoms with Gasteiger partial charge < -0.3 is 10.4 Å². The summed E-state index contributed by atoms with van der Waals surface area (Å²) in [6.07, 6.45) is 3.03. The third kappa shape index (κ3) is 1.33. The summed E-state index contributed by atoms with van der Waals surface area (Å²) >= 11 is 0. The molecule has 2 rings (SSSR count). The lowest BCUT2D eigenvalue weighted by atomic mass is 10.00. The van der Waals surface area contributed by atoms with Gasteiger partial charge in [0.25, 0.3) is 0 Å². The Bertz CT molecular complexity index is 254. The minimum absolute atomic E-state index is 0.0262. The van der Waals surface area contributed by atoms with Gasteiger partial charge in [-0.3, -0.25) is 4.98 Å². The fourth-order valence-corrected chi connectivity index (χ4v) is 1.31. The van der Waals surface area contributed by atoms with E-state index in [1.807, 2.05) is 18.3 Å². The Hall–Kier alpha value is -0.930. The zero-order chi connectivity index (χ0) is 8.39. The van der Waals surface area contributed by atoms with E-state index >= 15 is 0 Å². The first-order chi connectivity index (χ1) is 5.90. The number of aliphatic hydroxyl groups is 1. The molecule has 0 aromatic carbocycles. The van der Waals surface area contributed by atoms with Crippen LogP contribution in [0, 0.1) is 0 Å². The van der Waals surface area contributed by atoms with Gasteiger partial charge in [0.05, 0.1) is 12.3 Å². The topological polar surface area (TPSA) is 45.1 Å². The molecule has 1 aliphatic rings. The number of rotatable bonds is 2. The van der Waals surface area contributed by atoms with Crippen LogP contribution in [0.5, 0.6) is 0 Å². The van der Waals surface area contributed by atoms with Gasteiger partial charge in [-0.2, -0.15) is 0 Å². The number of nitrogens with one attached hydrogen (secondary N) is 1. The molecule has 0 bridgehead atoms. The van der Waals surface area contributed by atoms with Gasteiger partial charge in [0.2, 0.25) is 0 Å². The van der Waals surface area contributed by atoms with Crippen molar-refractivity contribution >= 4 is 0 Å². The molecule has 0 radical (unpaired) electrons. The average Bonchev–Trinajstić information content (AvgIpc) is 2.03. The Labute approximate surface area is 71.4 Å². The number of hydrogen-bond acceptors (Lipinski definition) is 3. The first kappa shape index (κ1) is 7.71. The molecule has 3 nitrogen and oxygen atoms in total. The van der Waals surface area contributed by atoms with Crippen molar-refractivity contribution in [2.24, 2.45) is 0 Å². The highest BCUT2D eigenvalue weighted by atomic mass is 16.3. The van der Waals surface area contributed by atoms with Crippen LogP contribution in [0.4, 0.5) is 0 Å². The maximum absolute atomic E-state index is 8.76. The lowest BCUT2D eigenvalue weighted by Crippen LogP contribution is -2.34. The number of pyridine rings is 1. The molecule has 0 amide bonds. The van der Waals surface area contributed by atoms with Crippen molar-refractivity contribution < 1.29 is 5.11 Å². The van der Waals surface area contributed by atoms with Gasteiger partial charge >= 0.3 is 0 Å². The third-order valence-corrected chi connectivity index (χ3v) is 2.24. The predicted molar refractivity (Wildman–Crippen MR) is 45.5 cm³/mol. The molecule has 0 aliphatic carbocycles. The van der Waals surface area contributed by atoms with E-state index in [0.29, 0.717) is 6.04 Å². The van der Waals surface area contributed by atoms with Gasteiger partial charge in [0.15, 0.2) is 0 Å². The molecule has 2 N–H and O–H groups in total. The van der Waals surface area contributed by atoms with Gasteiger partial charge in [-0.25, -0.2) is 0 Å². The smallest absolute Gasteiger partial charge is 0.0852 e. The summed E-state index contributed by atoms with van der Waals surface area (Å²) in [6.45, 7) is 1.13. The summed E-state index contributed by atoms with van der Waals surface area (Å²) in [4.78, 5) is 4.11. The summed E-state index contributed by atoms with van der Waals surface area (Å²) in [5.41, 5.74) is 1.96. The van der Waals surface area contributed by atoms with Crippen molar-refractivity contribution in [1.29, 1.82) is 0 Å². The molecule has 1 fully saturated rings. The minimum atomic E-state index is 0.0262. The standard InChI is InChI=1S/C9H12N2O/c12-6-8-2-1-7(5-11-8)9-3-4-10-9/h1-2,5,9-10,12H,3-4,6H2. The Balaban J connectivity index is 2.13. The van der Waals surface area contributed by atoms with Crippen LogP contribution in [0.25, 0.3) is 0 Å². The molecule has 0 spiro atoms. The van der Waals surface area contributed by atoms with Gasteiger partial charge in [-0.05, 0) is 24.6 Å². The summed E-state index contributed by atoms with van der Waals surface area (Å²) in [7, 11) is 0. The molecule has 0 saturated carbocycles. The van der Waals surface area contributed by atoms with Crippen molar-refractivity contribution in [3.05, 3.63) is 29.6 Å². The molecule has 1 saturated heterocycles. The lowest BCUT2D eigenvalue weighted by Gasteiger charge is -2.27.